The van der Waals surface area contributed by atoms with Gasteiger partial charge in [0, 0.05) is 13.1 Å². The predicted molar refractivity (Wildman–Crippen MR) is 163 cm³/mol. The van der Waals surface area contributed by atoms with Crippen LogP contribution in [-0.2, 0) is 33.3 Å². The second-order valence-electron chi connectivity index (χ2n) is 12.2. The van der Waals surface area contributed by atoms with Crippen molar-refractivity contribution < 1.29 is 17.9 Å². The average Bonchev–Trinajstić information content (AvgIpc) is 2.96. The molecule has 2 aliphatic rings. The zero-order valence-electron chi connectivity index (χ0n) is 24.5. The van der Waals surface area contributed by atoms with E-state index in [1.54, 1.807) is 30.3 Å². The molecular weight excluding hydrogens is 534 g/mol. The summed E-state index contributed by atoms with van der Waals surface area (Å²) >= 11 is 0. The molecule has 0 aromatic heterocycles. The van der Waals surface area contributed by atoms with Gasteiger partial charge < -0.3 is 10.1 Å². The second kappa shape index (κ2) is 11.9. The van der Waals surface area contributed by atoms with Crippen LogP contribution in [0.3, 0.4) is 0 Å². The summed E-state index contributed by atoms with van der Waals surface area (Å²) < 4.78 is 35.4. The van der Waals surface area contributed by atoms with E-state index in [-0.39, 0.29) is 22.8 Å². The van der Waals surface area contributed by atoms with E-state index in [9.17, 15) is 13.2 Å². The monoisotopic (exact) mass is 575 g/mol. The van der Waals surface area contributed by atoms with E-state index in [0.29, 0.717) is 18.0 Å². The number of nitrogens with zero attached hydrogens (tertiary/aromatic N) is 2. The molecule has 218 valence electrons. The van der Waals surface area contributed by atoms with Crippen LogP contribution in [0.25, 0.3) is 0 Å². The summed E-state index contributed by atoms with van der Waals surface area (Å²) in [6.07, 6.45) is 2.74. The van der Waals surface area contributed by atoms with Crippen LogP contribution in [0.4, 0.5) is 5.69 Å². The number of likely N-dealkylation sites (tertiary alicyclic amines) is 1. The first kappa shape index (κ1) is 29.1. The van der Waals surface area contributed by atoms with Crippen molar-refractivity contribution in [1.82, 2.24) is 10.2 Å². The minimum Gasteiger partial charge on any atom is -0.476 e. The number of benzene rings is 3. The van der Waals surface area contributed by atoms with Gasteiger partial charge in [-0.1, -0.05) is 75.2 Å². The summed E-state index contributed by atoms with van der Waals surface area (Å²) in [6, 6.07) is 20.5. The Morgan fingerprint density at radius 1 is 0.951 bits per heavy atom. The number of fused-ring (bicyclic) bond motifs is 1. The lowest BCUT2D eigenvalue weighted by Gasteiger charge is -2.36. The second-order valence-corrected chi connectivity index (χ2v) is 14.1. The molecule has 0 radical (unpaired) electrons. The largest absolute Gasteiger partial charge is 0.476 e. The number of anilines is 1. The number of hydrogen-bond acceptors (Lipinski definition) is 5. The summed E-state index contributed by atoms with van der Waals surface area (Å²) in [4.78, 5) is 16.1. The molecule has 41 heavy (non-hydrogen) atoms. The fraction of sp³-hybridized carbons (Fsp3) is 0.424. The van der Waals surface area contributed by atoms with E-state index in [2.05, 4.69) is 37.1 Å². The Bertz CT molecular complexity index is 1490. The number of ether oxygens (including phenoxy) is 1. The molecular formula is C33H41N3O4S. The third-order valence-corrected chi connectivity index (χ3v) is 9.80. The van der Waals surface area contributed by atoms with Crippen LogP contribution in [0.15, 0.2) is 71.6 Å². The topological polar surface area (TPSA) is 79.0 Å². The number of sulfonamides is 1. The maximum Gasteiger partial charge on any atom is 0.264 e. The van der Waals surface area contributed by atoms with Crippen LogP contribution < -0.4 is 14.4 Å². The number of amides is 1. The van der Waals surface area contributed by atoms with Crippen molar-refractivity contribution >= 4 is 21.6 Å². The van der Waals surface area contributed by atoms with E-state index >= 15 is 0 Å². The molecule has 1 fully saturated rings. The lowest BCUT2D eigenvalue weighted by atomic mass is 9.86. The van der Waals surface area contributed by atoms with E-state index in [0.717, 1.165) is 36.3 Å². The van der Waals surface area contributed by atoms with Crippen LogP contribution >= 0.6 is 0 Å². The normalized spacial score (nSPS) is 18.0. The molecule has 1 amide bonds. The van der Waals surface area contributed by atoms with E-state index in [1.165, 1.54) is 29.1 Å². The minimum absolute atomic E-state index is 0.113. The summed E-state index contributed by atoms with van der Waals surface area (Å²) in [5, 5.41) is 3.03. The quantitative estimate of drug-likeness (QED) is 0.400. The Labute approximate surface area is 244 Å². The Kier molecular flexibility index (Phi) is 8.43. The molecule has 0 unspecified atom stereocenters. The SMILES string of the molecule is Cc1ccc(S(=O)(=O)N2C[C@@H](C(=O)NCc3ccccc3CN3CCCCC3)Oc3ccc(C(C)(C)C)cc32)cc1. The highest BCUT2D eigenvalue weighted by Gasteiger charge is 2.38. The van der Waals surface area contributed by atoms with Gasteiger partial charge in [-0.05, 0) is 79.2 Å². The zero-order valence-corrected chi connectivity index (χ0v) is 25.3. The number of piperidine rings is 1. The number of rotatable bonds is 7. The van der Waals surface area contributed by atoms with Crippen LogP contribution in [0.1, 0.15) is 62.3 Å². The maximum absolute atomic E-state index is 13.9. The van der Waals surface area contributed by atoms with E-state index < -0.39 is 16.1 Å². The van der Waals surface area contributed by atoms with Gasteiger partial charge in [0.25, 0.3) is 15.9 Å². The van der Waals surface area contributed by atoms with Crippen LogP contribution in [0.5, 0.6) is 5.75 Å². The lowest BCUT2D eigenvalue weighted by molar-refractivity contribution is -0.127. The average molecular weight is 576 g/mol. The fourth-order valence-electron chi connectivity index (χ4n) is 5.46. The number of carbonyl (C=O) groups is 1. The van der Waals surface area contributed by atoms with Gasteiger partial charge in [-0.3, -0.25) is 14.0 Å². The van der Waals surface area contributed by atoms with Crippen molar-refractivity contribution in [2.75, 3.05) is 23.9 Å². The Balaban J connectivity index is 1.39. The van der Waals surface area contributed by atoms with Gasteiger partial charge in [-0.25, -0.2) is 8.42 Å². The number of nitrogens with one attached hydrogen (secondary N) is 1. The Morgan fingerprint density at radius 2 is 1.63 bits per heavy atom. The number of hydrogen-bond donors (Lipinski definition) is 1. The maximum atomic E-state index is 13.9. The summed E-state index contributed by atoms with van der Waals surface area (Å²) in [6.45, 7) is 11.4. The molecule has 0 bridgehead atoms. The summed E-state index contributed by atoms with van der Waals surface area (Å²) in [7, 11) is -3.94. The van der Waals surface area contributed by atoms with Crippen molar-refractivity contribution in [3.63, 3.8) is 0 Å². The molecule has 3 aromatic rings. The first-order valence-electron chi connectivity index (χ1n) is 14.5. The van der Waals surface area contributed by atoms with Crippen molar-refractivity contribution in [3.05, 3.63) is 89.0 Å². The van der Waals surface area contributed by atoms with Crippen LogP contribution in [-0.4, -0.2) is 45.0 Å². The highest BCUT2D eigenvalue weighted by atomic mass is 32.2. The van der Waals surface area contributed by atoms with E-state index in [1.807, 2.05) is 37.3 Å². The van der Waals surface area contributed by atoms with Crippen molar-refractivity contribution in [3.8, 4) is 5.75 Å². The fourth-order valence-corrected chi connectivity index (χ4v) is 6.93. The van der Waals surface area contributed by atoms with Crippen molar-refractivity contribution in [2.45, 2.75) is 76.5 Å². The number of carbonyl (C=O) groups excluding carboxylic acids is 1. The molecule has 7 nitrogen and oxygen atoms in total. The highest BCUT2D eigenvalue weighted by Crippen LogP contribution is 2.40. The van der Waals surface area contributed by atoms with Gasteiger partial charge in [-0.15, -0.1) is 0 Å². The van der Waals surface area contributed by atoms with Gasteiger partial charge in [0.2, 0.25) is 0 Å². The van der Waals surface area contributed by atoms with Crippen molar-refractivity contribution in [1.29, 1.82) is 0 Å². The minimum atomic E-state index is -3.94. The standard InChI is InChI=1S/C33H41N3O4S/c1-24-12-15-28(16-13-24)41(38,39)36-23-31(40-30-17-14-27(20-29(30)36)33(2,3)4)32(37)34-21-25-10-6-7-11-26(25)22-35-18-8-5-9-19-35/h6-7,10-17,20,31H,5,8-9,18-19,21-23H2,1-4H3,(H,34,37)/t31-/m0/s1. The molecule has 1 atom stereocenters. The van der Waals surface area contributed by atoms with Gasteiger partial charge in [0.05, 0.1) is 17.1 Å². The van der Waals surface area contributed by atoms with Crippen LogP contribution in [0.2, 0.25) is 0 Å². The molecule has 0 saturated carbocycles. The first-order valence-corrected chi connectivity index (χ1v) is 15.9. The molecule has 2 aliphatic heterocycles. The molecule has 0 spiro atoms. The molecule has 8 heteroatoms. The molecule has 0 aliphatic carbocycles. The molecule has 1 saturated heterocycles. The lowest BCUT2D eigenvalue weighted by Crippen LogP contribution is -2.50. The molecule has 5 rings (SSSR count). The van der Waals surface area contributed by atoms with Gasteiger partial charge >= 0.3 is 0 Å². The van der Waals surface area contributed by atoms with Crippen molar-refractivity contribution in [2.24, 2.45) is 0 Å². The molecule has 1 N–H and O–H groups in total. The highest BCUT2D eigenvalue weighted by molar-refractivity contribution is 7.92. The molecule has 2 heterocycles. The third kappa shape index (κ3) is 6.60. The number of aryl methyl sites for hydroxylation is 1. The zero-order chi connectivity index (χ0) is 29.2. The van der Waals surface area contributed by atoms with Gasteiger partial charge in [0.15, 0.2) is 6.10 Å². The summed E-state index contributed by atoms with van der Waals surface area (Å²) in [5.74, 6) is 0.0398. The predicted octanol–water partition coefficient (Wildman–Crippen LogP) is 5.55. The van der Waals surface area contributed by atoms with Gasteiger partial charge in [0.1, 0.15) is 5.75 Å². The van der Waals surface area contributed by atoms with Gasteiger partial charge in [-0.2, -0.15) is 0 Å². The molecule has 3 aromatic carbocycles. The Hall–Kier alpha value is -3.36. The van der Waals surface area contributed by atoms with Crippen LogP contribution in [0, 0.1) is 6.92 Å². The smallest absolute Gasteiger partial charge is 0.264 e. The van der Waals surface area contributed by atoms with E-state index in [4.69, 9.17) is 4.74 Å². The first-order chi connectivity index (χ1) is 19.5. The Morgan fingerprint density at radius 3 is 2.32 bits per heavy atom. The third-order valence-electron chi connectivity index (χ3n) is 8.01. The summed E-state index contributed by atoms with van der Waals surface area (Å²) in [5.41, 5.74) is 4.47.